The van der Waals surface area contributed by atoms with Crippen LogP contribution in [-0.4, -0.2) is 53.8 Å². The summed E-state index contributed by atoms with van der Waals surface area (Å²) in [4.78, 5) is 27.2. The third-order valence-electron chi connectivity index (χ3n) is 8.50. The van der Waals surface area contributed by atoms with Gasteiger partial charge in [-0.15, -0.1) is 0 Å². The number of hydrogen-bond acceptors (Lipinski definition) is 5. The number of halogens is 1. The monoisotopic (exact) mass is 582 g/mol. The van der Waals surface area contributed by atoms with Crippen molar-refractivity contribution >= 4 is 38.7 Å². The molecule has 1 aromatic heterocycles. The number of aromatic nitrogens is 2. The third-order valence-corrected chi connectivity index (χ3v) is 22.1. The van der Waals surface area contributed by atoms with E-state index >= 15 is 0 Å². The molecule has 1 fully saturated rings. The summed E-state index contributed by atoms with van der Waals surface area (Å²) in [6.07, 6.45) is -0.0673. The van der Waals surface area contributed by atoms with Crippen LogP contribution < -0.4 is 11.2 Å². The van der Waals surface area contributed by atoms with Crippen LogP contribution in [0, 0.1) is 3.57 Å². The van der Waals surface area contributed by atoms with E-state index in [1.54, 1.807) is 0 Å². The minimum Gasteiger partial charge on any atom is -0.394 e. The van der Waals surface area contributed by atoms with E-state index < -0.39 is 45.0 Å². The van der Waals surface area contributed by atoms with Crippen LogP contribution in [0.3, 0.4) is 0 Å². The first-order valence-electron chi connectivity index (χ1n) is 10.7. The highest BCUT2D eigenvalue weighted by atomic mass is 127. The molecule has 1 aromatic rings. The Balaban J connectivity index is 2.93. The second-order valence-electron chi connectivity index (χ2n) is 12.0. The van der Waals surface area contributed by atoms with Crippen LogP contribution in [-0.2, 0) is 4.74 Å². The van der Waals surface area contributed by atoms with E-state index in [9.17, 15) is 19.8 Å². The number of nitrogens with one attached hydrogen (secondary N) is 1. The average molecular weight is 583 g/mol. The van der Waals surface area contributed by atoms with Crippen molar-refractivity contribution < 1.29 is 14.9 Å². The number of rotatable bonds is 4. The van der Waals surface area contributed by atoms with Crippen molar-refractivity contribution in [3.8, 4) is 0 Å². The zero-order valence-electron chi connectivity index (χ0n) is 20.5. The Morgan fingerprint density at radius 3 is 2.06 bits per heavy atom. The van der Waals surface area contributed by atoms with Gasteiger partial charge < -0.3 is 14.9 Å². The van der Waals surface area contributed by atoms with Gasteiger partial charge in [0.1, 0.15) is 12.3 Å². The summed E-state index contributed by atoms with van der Waals surface area (Å²) >= 11 is 1.90. The van der Waals surface area contributed by atoms with Crippen molar-refractivity contribution in [1.82, 2.24) is 9.55 Å². The van der Waals surface area contributed by atoms with Gasteiger partial charge in [0.05, 0.1) is 31.5 Å². The van der Waals surface area contributed by atoms with Crippen LogP contribution in [0.25, 0.3) is 0 Å². The van der Waals surface area contributed by atoms with E-state index in [1.165, 1.54) is 10.8 Å². The normalized spacial score (nSPS) is 28.2. The van der Waals surface area contributed by atoms with Crippen LogP contribution in [0.15, 0.2) is 15.8 Å². The SMILES string of the molecule is CC(C)(C)[Si](C)(C)[C@H]1[C@H](n2cc(I)c(=O)[nH]c2=O)O[C@H](CO)[C@]1(O)[Si](C)(C)C(C)(C)C. The van der Waals surface area contributed by atoms with E-state index in [1.807, 2.05) is 22.6 Å². The predicted molar refractivity (Wildman–Crippen MR) is 138 cm³/mol. The Bertz CT molecular complexity index is 945. The fourth-order valence-corrected chi connectivity index (χ4v) is 13.4. The zero-order chi connectivity index (χ0) is 24.4. The maximum atomic E-state index is 12.9. The number of aromatic amines is 1. The number of aliphatic hydroxyl groups is 2. The highest BCUT2D eigenvalue weighted by Gasteiger charge is 2.71. The summed E-state index contributed by atoms with van der Waals surface area (Å²) in [7, 11) is -4.89. The summed E-state index contributed by atoms with van der Waals surface area (Å²) in [5, 5.41) is 21.4. The zero-order valence-corrected chi connectivity index (χ0v) is 24.6. The molecular weight excluding hydrogens is 543 g/mol. The molecule has 1 saturated heterocycles. The van der Waals surface area contributed by atoms with Gasteiger partial charge in [-0.05, 0) is 32.7 Å². The van der Waals surface area contributed by atoms with Crippen molar-refractivity contribution in [1.29, 1.82) is 0 Å². The van der Waals surface area contributed by atoms with Crippen LogP contribution in [0.4, 0.5) is 0 Å². The molecule has 2 rings (SSSR count). The lowest BCUT2D eigenvalue weighted by molar-refractivity contribution is -0.0597. The molecule has 0 bridgehead atoms. The predicted octanol–water partition coefficient (Wildman–Crippen LogP) is 3.69. The van der Waals surface area contributed by atoms with Gasteiger partial charge in [-0.1, -0.05) is 67.7 Å². The molecule has 0 aliphatic carbocycles. The first-order valence-corrected chi connectivity index (χ1v) is 17.9. The van der Waals surface area contributed by atoms with E-state index in [2.05, 4.69) is 72.7 Å². The molecule has 4 atom stereocenters. The number of aliphatic hydroxyl groups excluding tert-OH is 1. The molecule has 0 saturated carbocycles. The summed E-state index contributed by atoms with van der Waals surface area (Å²) in [6.45, 7) is 21.4. The topological polar surface area (TPSA) is 105 Å². The Morgan fingerprint density at radius 2 is 1.65 bits per heavy atom. The van der Waals surface area contributed by atoms with Crippen molar-refractivity contribution in [2.45, 2.75) is 101 Å². The summed E-state index contributed by atoms with van der Waals surface area (Å²) < 4.78 is 8.16. The molecule has 0 unspecified atom stereocenters. The Morgan fingerprint density at radius 1 is 1.13 bits per heavy atom. The molecule has 2 heterocycles. The van der Waals surface area contributed by atoms with E-state index in [-0.39, 0.29) is 22.2 Å². The number of ether oxygens (including phenoxy) is 1. The first-order chi connectivity index (χ1) is 13.7. The minimum absolute atomic E-state index is 0.112. The Kier molecular flexibility index (Phi) is 7.13. The van der Waals surface area contributed by atoms with Crippen molar-refractivity contribution in [3.05, 3.63) is 30.6 Å². The molecule has 10 heteroatoms. The van der Waals surface area contributed by atoms with E-state index in [0.717, 1.165) is 0 Å². The minimum atomic E-state index is -2.53. The summed E-state index contributed by atoms with van der Waals surface area (Å²) in [6, 6.07) is 0. The van der Waals surface area contributed by atoms with Crippen molar-refractivity contribution in [2.75, 3.05) is 6.61 Å². The van der Waals surface area contributed by atoms with Crippen molar-refractivity contribution in [3.63, 3.8) is 0 Å². The second kappa shape index (κ2) is 8.19. The molecular formula is C21H39IN2O5Si2. The molecule has 3 N–H and O–H groups in total. The van der Waals surface area contributed by atoms with Gasteiger partial charge in [-0.2, -0.15) is 0 Å². The van der Waals surface area contributed by atoms with E-state index in [0.29, 0.717) is 3.57 Å². The van der Waals surface area contributed by atoms with Gasteiger partial charge in [0.2, 0.25) is 0 Å². The number of H-pyrrole nitrogens is 1. The smallest absolute Gasteiger partial charge is 0.330 e. The molecule has 1 aliphatic heterocycles. The largest absolute Gasteiger partial charge is 0.394 e. The molecule has 178 valence electrons. The fourth-order valence-electron chi connectivity index (χ4n) is 4.59. The Hall–Kier alpha value is -0.276. The number of nitrogens with zero attached hydrogens (tertiary/aromatic N) is 1. The van der Waals surface area contributed by atoms with Gasteiger partial charge in [0.25, 0.3) is 5.56 Å². The van der Waals surface area contributed by atoms with Gasteiger partial charge in [-0.25, -0.2) is 4.79 Å². The molecule has 0 aromatic carbocycles. The van der Waals surface area contributed by atoms with Gasteiger partial charge in [-0.3, -0.25) is 14.3 Å². The lowest BCUT2D eigenvalue weighted by Gasteiger charge is -2.56. The quantitative estimate of drug-likeness (QED) is 0.371. The van der Waals surface area contributed by atoms with Crippen LogP contribution in [0.5, 0.6) is 0 Å². The first kappa shape index (κ1) is 27.0. The van der Waals surface area contributed by atoms with Crippen molar-refractivity contribution in [2.24, 2.45) is 0 Å². The van der Waals surface area contributed by atoms with Gasteiger partial charge >= 0.3 is 5.69 Å². The van der Waals surface area contributed by atoms with Gasteiger partial charge in [0, 0.05) is 11.7 Å². The van der Waals surface area contributed by atoms with Crippen LogP contribution >= 0.6 is 22.6 Å². The average Bonchev–Trinajstić information content (AvgIpc) is 2.90. The van der Waals surface area contributed by atoms with Gasteiger partial charge in [0.15, 0.2) is 0 Å². The maximum Gasteiger partial charge on any atom is 0.330 e. The standard InChI is InChI=1S/C21H39IN2O5Si2/c1-19(2,3)30(7,8)15-17(24-11-13(22)16(26)23-18(24)27)29-14(12-25)21(15,28)31(9,10)20(4,5)6/h11,14-15,17,25,28H,12H2,1-10H3,(H,23,26,27)/t14-,15+,17-,21+/m1/s1. The molecule has 1 aliphatic rings. The molecule has 0 amide bonds. The third kappa shape index (κ3) is 4.09. The highest BCUT2D eigenvalue weighted by Crippen LogP contribution is 2.63. The maximum absolute atomic E-state index is 12.9. The fraction of sp³-hybridized carbons (Fsp3) is 0.810. The molecule has 7 nitrogen and oxygen atoms in total. The second-order valence-corrected chi connectivity index (χ2v) is 24.3. The highest BCUT2D eigenvalue weighted by molar-refractivity contribution is 14.1. The van der Waals surface area contributed by atoms with Crippen LogP contribution in [0.1, 0.15) is 47.8 Å². The molecule has 31 heavy (non-hydrogen) atoms. The lowest BCUT2D eigenvalue weighted by atomic mass is 10.1. The summed E-state index contributed by atoms with van der Waals surface area (Å²) in [5.74, 6) is 0. The molecule has 0 spiro atoms. The van der Waals surface area contributed by atoms with E-state index in [4.69, 9.17) is 4.74 Å². The van der Waals surface area contributed by atoms with Crippen LogP contribution in [0.2, 0.25) is 41.8 Å². The summed E-state index contributed by atoms with van der Waals surface area (Å²) in [5.41, 5.74) is -1.37. The number of hydrogen-bond donors (Lipinski definition) is 3. The molecule has 0 radical (unpaired) electrons. The lowest BCUT2D eigenvalue weighted by Crippen LogP contribution is -2.70. The Labute approximate surface area is 200 Å².